The first kappa shape index (κ1) is 20.2. The first-order valence-electron chi connectivity index (χ1n) is 9.62. The van der Waals surface area contributed by atoms with E-state index in [1.807, 2.05) is 6.07 Å². The van der Waals surface area contributed by atoms with E-state index >= 15 is 0 Å². The SMILES string of the molecule is COC(=O)c1ccccc1-c1ccc(C=NNC(=O)Cc2ccc3c(c2)OCCO3)o1. The van der Waals surface area contributed by atoms with Crippen LogP contribution in [0.15, 0.2) is 64.1 Å². The minimum absolute atomic E-state index is 0.143. The lowest BCUT2D eigenvalue weighted by Gasteiger charge is -2.18. The van der Waals surface area contributed by atoms with Crippen molar-refractivity contribution in [1.29, 1.82) is 0 Å². The molecule has 1 aliphatic rings. The van der Waals surface area contributed by atoms with Crippen LogP contribution >= 0.6 is 0 Å². The van der Waals surface area contributed by atoms with E-state index in [1.165, 1.54) is 13.3 Å². The number of furan rings is 1. The average molecular weight is 420 g/mol. The third-order valence-corrected chi connectivity index (χ3v) is 4.58. The van der Waals surface area contributed by atoms with Gasteiger partial charge in [0.2, 0.25) is 5.91 Å². The summed E-state index contributed by atoms with van der Waals surface area (Å²) in [6, 6.07) is 15.8. The Balaban J connectivity index is 1.38. The Labute approximate surface area is 178 Å². The summed E-state index contributed by atoms with van der Waals surface area (Å²) in [5, 5.41) is 3.94. The van der Waals surface area contributed by atoms with E-state index < -0.39 is 5.97 Å². The van der Waals surface area contributed by atoms with Crippen molar-refractivity contribution in [3.63, 3.8) is 0 Å². The minimum atomic E-state index is -0.450. The molecule has 2 heterocycles. The predicted molar refractivity (Wildman–Crippen MR) is 112 cm³/mol. The quantitative estimate of drug-likeness (QED) is 0.374. The maximum atomic E-state index is 12.2. The number of benzene rings is 2. The van der Waals surface area contributed by atoms with Gasteiger partial charge in [-0.3, -0.25) is 4.79 Å². The normalized spacial score (nSPS) is 12.5. The van der Waals surface area contributed by atoms with Gasteiger partial charge in [-0.2, -0.15) is 5.10 Å². The smallest absolute Gasteiger partial charge is 0.338 e. The van der Waals surface area contributed by atoms with E-state index in [1.54, 1.807) is 48.5 Å². The van der Waals surface area contributed by atoms with Crippen LogP contribution in [0, 0.1) is 0 Å². The van der Waals surface area contributed by atoms with Gasteiger partial charge in [-0.05, 0) is 35.9 Å². The molecule has 0 fully saturated rings. The van der Waals surface area contributed by atoms with Crippen molar-refractivity contribution < 1.29 is 28.2 Å². The number of rotatable bonds is 6. The Bertz CT molecular complexity index is 1130. The summed E-state index contributed by atoms with van der Waals surface area (Å²) in [5.41, 5.74) is 4.27. The molecule has 0 saturated heterocycles. The number of carbonyl (C=O) groups excluding carboxylic acids is 2. The molecular formula is C23H20N2O6. The fourth-order valence-corrected chi connectivity index (χ4v) is 3.14. The lowest BCUT2D eigenvalue weighted by Crippen LogP contribution is -2.20. The van der Waals surface area contributed by atoms with Gasteiger partial charge in [-0.15, -0.1) is 0 Å². The zero-order valence-corrected chi connectivity index (χ0v) is 16.8. The minimum Gasteiger partial charge on any atom is -0.486 e. The summed E-state index contributed by atoms with van der Waals surface area (Å²) in [5.74, 6) is 1.50. The number of esters is 1. The third kappa shape index (κ3) is 4.75. The molecule has 31 heavy (non-hydrogen) atoms. The van der Waals surface area contributed by atoms with Crippen molar-refractivity contribution in [3.05, 3.63) is 71.5 Å². The largest absolute Gasteiger partial charge is 0.486 e. The zero-order valence-electron chi connectivity index (χ0n) is 16.8. The van der Waals surface area contributed by atoms with E-state index in [2.05, 4.69) is 10.5 Å². The molecule has 1 aromatic heterocycles. The molecule has 0 spiro atoms. The van der Waals surface area contributed by atoms with Crippen LogP contribution in [0.3, 0.4) is 0 Å². The van der Waals surface area contributed by atoms with Gasteiger partial charge in [-0.1, -0.05) is 24.3 Å². The van der Waals surface area contributed by atoms with Crippen molar-refractivity contribution >= 4 is 18.1 Å². The van der Waals surface area contributed by atoms with Gasteiger partial charge >= 0.3 is 5.97 Å². The monoisotopic (exact) mass is 420 g/mol. The number of hydrogen-bond donors (Lipinski definition) is 1. The standard InChI is InChI=1S/C23H20N2O6/c1-28-23(27)18-5-3-2-4-17(18)19-9-7-16(31-19)14-24-25-22(26)13-15-6-8-20-21(12-15)30-11-10-29-20/h2-9,12,14H,10-11,13H2,1H3,(H,25,26). The molecule has 8 nitrogen and oxygen atoms in total. The number of amides is 1. The number of methoxy groups -OCH3 is 1. The van der Waals surface area contributed by atoms with Crippen molar-refractivity contribution in [2.24, 2.45) is 5.10 Å². The molecule has 1 aliphatic heterocycles. The van der Waals surface area contributed by atoms with Gasteiger partial charge in [0.1, 0.15) is 24.7 Å². The lowest BCUT2D eigenvalue weighted by atomic mass is 10.1. The first-order chi connectivity index (χ1) is 15.1. The van der Waals surface area contributed by atoms with Gasteiger partial charge in [0.05, 0.1) is 25.3 Å². The maximum absolute atomic E-state index is 12.2. The van der Waals surface area contributed by atoms with Crippen LogP contribution < -0.4 is 14.9 Å². The molecule has 3 aromatic rings. The van der Waals surface area contributed by atoms with Gasteiger partial charge in [0.15, 0.2) is 11.5 Å². The van der Waals surface area contributed by atoms with Crippen LogP contribution in [0.25, 0.3) is 11.3 Å². The van der Waals surface area contributed by atoms with Gasteiger partial charge in [0.25, 0.3) is 0 Å². The molecule has 0 aliphatic carbocycles. The molecule has 4 rings (SSSR count). The molecule has 1 N–H and O–H groups in total. The second kappa shape index (κ2) is 9.17. The number of carbonyl (C=O) groups is 2. The molecule has 0 unspecified atom stereocenters. The van der Waals surface area contributed by atoms with E-state index in [0.29, 0.717) is 47.4 Å². The summed E-state index contributed by atoms with van der Waals surface area (Å²) >= 11 is 0. The molecule has 0 atom stereocenters. The van der Waals surface area contributed by atoms with Crippen molar-refractivity contribution in [1.82, 2.24) is 5.43 Å². The summed E-state index contributed by atoms with van der Waals surface area (Å²) in [6.07, 6.45) is 1.54. The Hall–Kier alpha value is -4.07. The van der Waals surface area contributed by atoms with E-state index in [4.69, 9.17) is 18.6 Å². The van der Waals surface area contributed by atoms with Crippen molar-refractivity contribution in [2.75, 3.05) is 20.3 Å². The molecule has 1 amide bonds. The number of nitrogens with zero attached hydrogens (tertiary/aromatic N) is 1. The second-order valence-corrected chi connectivity index (χ2v) is 6.69. The van der Waals surface area contributed by atoms with Crippen LogP contribution in [-0.2, 0) is 16.0 Å². The highest BCUT2D eigenvalue weighted by Crippen LogP contribution is 2.31. The number of hydrazone groups is 1. The van der Waals surface area contributed by atoms with E-state index in [-0.39, 0.29) is 12.3 Å². The molecule has 0 radical (unpaired) electrons. The Morgan fingerprint density at radius 2 is 1.87 bits per heavy atom. The van der Waals surface area contributed by atoms with Crippen LogP contribution in [0.2, 0.25) is 0 Å². The second-order valence-electron chi connectivity index (χ2n) is 6.69. The average Bonchev–Trinajstić information content (AvgIpc) is 3.27. The van der Waals surface area contributed by atoms with Gasteiger partial charge in [0, 0.05) is 5.56 Å². The zero-order chi connectivity index (χ0) is 21.6. The van der Waals surface area contributed by atoms with E-state index in [9.17, 15) is 9.59 Å². The molecule has 8 heteroatoms. The maximum Gasteiger partial charge on any atom is 0.338 e. The fraction of sp³-hybridized carbons (Fsp3) is 0.174. The number of fused-ring (bicyclic) bond motifs is 1. The first-order valence-corrected chi connectivity index (χ1v) is 9.62. The topological polar surface area (TPSA) is 99.4 Å². The predicted octanol–water partition coefficient (Wildman–Crippen LogP) is 3.20. The number of ether oxygens (including phenoxy) is 3. The number of nitrogens with one attached hydrogen (secondary N) is 1. The molecule has 0 bridgehead atoms. The Kier molecular flexibility index (Phi) is 5.98. The van der Waals surface area contributed by atoms with E-state index in [0.717, 1.165) is 5.56 Å². The summed E-state index contributed by atoms with van der Waals surface area (Å²) in [6.45, 7) is 1.01. The lowest BCUT2D eigenvalue weighted by molar-refractivity contribution is -0.120. The summed E-state index contributed by atoms with van der Waals surface area (Å²) in [4.78, 5) is 24.1. The Morgan fingerprint density at radius 3 is 2.71 bits per heavy atom. The molecular weight excluding hydrogens is 400 g/mol. The Morgan fingerprint density at radius 1 is 1.06 bits per heavy atom. The summed E-state index contributed by atoms with van der Waals surface area (Å²) in [7, 11) is 1.33. The third-order valence-electron chi connectivity index (χ3n) is 4.58. The van der Waals surface area contributed by atoms with Crippen LogP contribution in [0.4, 0.5) is 0 Å². The van der Waals surface area contributed by atoms with Crippen molar-refractivity contribution in [2.45, 2.75) is 6.42 Å². The highest BCUT2D eigenvalue weighted by molar-refractivity contribution is 5.96. The highest BCUT2D eigenvalue weighted by atomic mass is 16.6. The summed E-state index contributed by atoms with van der Waals surface area (Å²) < 4.78 is 21.5. The van der Waals surface area contributed by atoms with Crippen molar-refractivity contribution in [3.8, 4) is 22.8 Å². The van der Waals surface area contributed by atoms with Crippen LogP contribution in [0.1, 0.15) is 21.7 Å². The molecule has 2 aromatic carbocycles. The number of hydrogen-bond acceptors (Lipinski definition) is 7. The van der Waals surface area contributed by atoms with Gasteiger partial charge in [-0.25, -0.2) is 10.2 Å². The van der Waals surface area contributed by atoms with Crippen LogP contribution in [-0.4, -0.2) is 38.4 Å². The highest BCUT2D eigenvalue weighted by Gasteiger charge is 2.15. The fourth-order valence-electron chi connectivity index (χ4n) is 3.14. The van der Waals surface area contributed by atoms with Crippen LogP contribution in [0.5, 0.6) is 11.5 Å². The molecule has 0 saturated carbocycles. The molecule has 158 valence electrons. The van der Waals surface area contributed by atoms with Gasteiger partial charge < -0.3 is 18.6 Å².